The highest BCUT2D eigenvalue weighted by atomic mass is 16.4. The third kappa shape index (κ3) is 1.23. The maximum atomic E-state index is 10.5. The van der Waals surface area contributed by atoms with Gasteiger partial charge in [-0.25, -0.2) is 4.79 Å². The molecule has 1 heterocycles. The van der Waals surface area contributed by atoms with Gasteiger partial charge in [0.15, 0.2) is 0 Å². The van der Waals surface area contributed by atoms with Gasteiger partial charge in [-0.3, -0.25) is 0 Å². The Morgan fingerprint density at radius 2 is 2.00 bits per heavy atom. The summed E-state index contributed by atoms with van der Waals surface area (Å²) in [6.07, 6.45) is 2.62. The molecule has 0 radical (unpaired) electrons. The molecular formula is C8H11NO2. The Balaban J connectivity index is 2.04. The Labute approximate surface area is 65.3 Å². The summed E-state index contributed by atoms with van der Waals surface area (Å²) in [7, 11) is 0. The first-order chi connectivity index (χ1) is 5.27. The van der Waals surface area contributed by atoms with E-state index < -0.39 is 6.09 Å². The first kappa shape index (κ1) is 6.70. The van der Waals surface area contributed by atoms with Gasteiger partial charge in [-0.15, -0.1) is 0 Å². The zero-order chi connectivity index (χ0) is 7.84. The third-order valence-electron chi connectivity index (χ3n) is 2.34. The third-order valence-corrected chi connectivity index (χ3v) is 2.34. The van der Waals surface area contributed by atoms with E-state index in [2.05, 4.69) is 0 Å². The molecule has 2 fully saturated rings. The number of hydrogen-bond acceptors (Lipinski definition) is 1. The smallest absolute Gasteiger partial charge is 0.407 e. The van der Waals surface area contributed by atoms with Crippen molar-refractivity contribution in [1.29, 1.82) is 0 Å². The number of likely N-dealkylation sites (tertiary alicyclic amines) is 1. The Bertz CT molecular complexity index is 226. The highest BCUT2D eigenvalue weighted by Gasteiger charge is 2.26. The molecule has 1 aliphatic heterocycles. The second-order valence-electron chi connectivity index (χ2n) is 3.16. The van der Waals surface area contributed by atoms with Crippen LogP contribution in [-0.2, 0) is 0 Å². The molecule has 1 saturated heterocycles. The van der Waals surface area contributed by atoms with Crippen LogP contribution in [0, 0.1) is 0 Å². The van der Waals surface area contributed by atoms with Crippen molar-refractivity contribution in [2.75, 3.05) is 13.1 Å². The topological polar surface area (TPSA) is 40.5 Å². The Morgan fingerprint density at radius 3 is 2.45 bits per heavy atom. The zero-order valence-electron chi connectivity index (χ0n) is 6.34. The monoisotopic (exact) mass is 153 g/mol. The highest BCUT2D eigenvalue weighted by Crippen LogP contribution is 2.35. The molecule has 1 saturated carbocycles. The molecule has 2 rings (SSSR count). The van der Waals surface area contributed by atoms with Crippen molar-refractivity contribution < 1.29 is 9.90 Å². The summed E-state index contributed by atoms with van der Waals surface area (Å²) in [5.74, 6) is 0. The second-order valence-corrected chi connectivity index (χ2v) is 3.16. The molecule has 1 aliphatic carbocycles. The van der Waals surface area contributed by atoms with E-state index in [1.165, 1.54) is 28.9 Å². The Hall–Kier alpha value is -0.990. The molecule has 3 heteroatoms. The Kier molecular flexibility index (Phi) is 1.37. The fourth-order valence-corrected chi connectivity index (χ4v) is 1.53. The lowest BCUT2D eigenvalue weighted by Gasteiger charge is -2.07. The van der Waals surface area contributed by atoms with Gasteiger partial charge in [-0.1, -0.05) is 5.57 Å². The highest BCUT2D eigenvalue weighted by molar-refractivity contribution is 5.66. The summed E-state index contributed by atoms with van der Waals surface area (Å²) in [6.45, 7) is 1.37. The number of nitrogens with zero attached hydrogens (tertiary/aromatic N) is 1. The van der Waals surface area contributed by atoms with Crippen molar-refractivity contribution in [2.24, 2.45) is 0 Å². The van der Waals surface area contributed by atoms with Gasteiger partial charge < -0.3 is 10.0 Å². The van der Waals surface area contributed by atoms with E-state index >= 15 is 0 Å². The van der Waals surface area contributed by atoms with E-state index in [-0.39, 0.29) is 0 Å². The summed E-state index contributed by atoms with van der Waals surface area (Å²) in [6, 6.07) is 0. The predicted molar refractivity (Wildman–Crippen MR) is 40.5 cm³/mol. The van der Waals surface area contributed by atoms with Crippen LogP contribution in [0.15, 0.2) is 11.1 Å². The number of carbonyl (C=O) groups is 1. The van der Waals surface area contributed by atoms with Crippen molar-refractivity contribution in [3.05, 3.63) is 11.1 Å². The first-order valence-electron chi connectivity index (χ1n) is 3.95. The van der Waals surface area contributed by atoms with Crippen LogP contribution in [0.25, 0.3) is 0 Å². The van der Waals surface area contributed by atoms with E-state index in [0.29, 0.717) is 13.1 Å². The minimum atomic E-state index is -0.777. The molecule has 0 aromatic rings. The average Bonchev–Trinajstić information content (AvgIpc) is 2.68. The molecule has 2 aliphatic rings. The maximum Gasteiger partial charge on any atom is 0.407 e. The molecule has 11 heavy (non-hydrogen) atoms. The van der Waals surface area contributed by atoms with Crippen LogP contribution in [-0.4, -0.2) is 29.2 Å². The molecule has 3 nitrogen and oxygen atoms in total. The molecule has 0 aromatic heterocycles. The van der Waals surface area contributed by atoms with Gasteiger partial charge in [0, 0.05) is 13.1 Å². The summed E-state index contributed by atoms with van der Waals surface area (Å²) >= 11 is 0. The molecule has 0 bridgehead atoms. The zero-order valence-corrected chi connectivity index (χ0v) is 6.34. The van der Waals surface area contributed by atoms with Crippen molar-refractivity contribution in [1.82, 2.24) is 4.90 Å². The van der Waals surface area contributed by atoms with E-state index in [1.807, 2.05) is 0 Å². The Morgan fingerprint density at radius 1 is 1.27 bits per heavy atom. The molecule has 0 spiro atoms. The predicted octanol–water partition coefficient (Wildman–Crippen LogP) is 1.46. The van der Waals surface area contributed by atoms with Crippen molar-refractivity contribution in [2.45, 2.75) is 19.3 Å². The van der Waals surface area contributed by atoms with Gasteiger partial charge in [-0.05, 0) is 24.8 Å². The van der Waals surface area contributed by atoms with Crippen molar-refractivity contribution >= 4 is 6.09 Å². The molecule has 0 atom stereocenters. The van der Waals surface area contributed by atoms with Crippen LogP contribution in [0.3, 0.4) is 0 Å². The number of carboxylic acid groups (broad SMARTS) is 1. The van der Waals surface area contributed by atoms with Crippen molar-refractivity contribution in [3.63, 3.8) is 0 Å². The largest absolute Gasteiger partial charge is 0.465 e. The van der Waals surface area contributed by atoms with Gasteiger partial charge >= 0.3 is 6.09 Å². The van der Waals surface area contributed by atoms with E-state index in [9.17, 15) is 4.79 Å². The maximum absolute atomic E-state index is 10.5. The molecule has 60 valence electrons. The quantitative estimate of drug-likeness (QED) is 0.535. The van der Waals surface area contributed by atoms with E-state index in [4.69, 9.17) is 5.11 Å². The van der Waals surface area contributed by atoms with Crippen LogP contribution < -0.4 is 0 Å². The molecular weight excluding hydrogens is 142 g/mol. The number of allylic oxidation sites excluding steroid dienone is 1. The van der Waals surface area contributed by atoms with Gasteiger partial charge in [-0.2, -0.15) is 0 Å². The minimum Gasteiger partial charge on any atom is -0.465 e. The van der Waals surface area contributed by atoms with Gasteiger partial charge in [0.2, 0.25) is 0 Å². The lowest BCUT2D eigenvalue weighted by Crippen LogP contribution is -2.25. The fraction of sp³-hybridized carbons (Fsp3) is 0.625. The average molecular weight is 153 g/mol. The van der Waals surface area contributed by atoms with Crippen LogP contribution in [0.5, 0.6) is 0 Å². The minimum absolute atomic E-state index is 0.671. The van der Waals surface area contributed by atoms with Crippen LogP contribution >= 0.6 is 0 Å². The summed E-state index contributed by atoms with van der Waals surface area (Å²) in [5, 5.41) is 8.64. The number of hydrogen-bond donors (Lipinski definition) is 1. The lowest BCUT2D eigenvalue weighted by molar-refractivity contribution is 0.156. The van der Waals surface area contributed by atoms with Crippen LogP contribution in [0.2, 0.25) is 0 Å². The SMILES string of the molecule is O=C(O)N1CCC(=C2CC2)C1. The first-order valence-corrected chi connectivity index (χ1v) is 3.95. The van der Waals surface area contributed by atoms with Crippen LogP contribution in [0.1, 0.15) is 19.3 Å². The summed E-state index contributed by atoms with van der Waals surface area (Å²) < 4.78 is 0. The molecule has 1 amide bonds. The van der Waals surface area contributed by atoms with E-state index in [1.54, 1.807) is 0 Å². The number of amides is 1. The molecule has 0 aromatic carbocycles. The van der Waals surface area contributed by atoms with Crippen molar-refractivity contribution in [3.8, 4) is 0 Å². The molecule has 0 unspecified atom stereocenters. The number of rotatable bonds is 0. The van der Waals surface area contributed by atoms with Gasteiger partial charge in [0.25, 0.3) is 0 Å². The van der Waals surface area contributed by atoms with Gasteiger partial charge in [0.1, 0.15) is 0 Å². The lowest BCUT2D eigenvalue weighted by atomic mass is 10.2. The van der Waals surface area contributed by atoms with Crippen LogP contribution in [0.4, 0.5) is 4.79 Å². The summed E-state index contributed by atoms with van der Waals surface area (Å²) in [5.41, 5.74) is 2.89. The molecule has 1 N–H and O–H groups in total. The summed E-state index contributed by atoms with van der Waals surface area (Å²) in [4.78, 5) is 12.0. The normalized spacial score (nSPS) is 22.7. The fourth-order valence-electron chi connectivity index (χ4n) is 1.53. The standard InChI is InChI=1S/C8H11NO2/c10-8(11)9-4-3-7(5-9)6-1-2-6/h1-5H2,(H,10,11). The second kappa shape index (κ2) is 2.26. The van der Waals surface area contributed by atoms with E-state index in [0.717, 1.165) is 6.42 Å². The van der Waals surface area contributed by atoms with Gasteiger partial charge in [0.05, 0.1) is 0 Å².